The summed E-state index contributed by atoms with van der Waals surface area (Å²) in [6, 6.07) is 10.9. The fourth-order valence-corrected chi connectivity index (χ4v) is 5.87. The molecule has 0 radical (unpaired) electrons. The van der Waals surface area contributed by atoms with E-state index in [-0.39, 0.29) is 17.6 Å². The molecule has 0 N–H and O–H groups in total. The first-order valence-corrected chi connectivity index (χ1v) is 13.7. The summed E-state index contributed by atoms with van der Waals surface area (Å²) < 4.78 is 47.0. The summed E-state index contributed by atoms with van der Waals surface area (Å²) in [5.74, 6) is -0.245. The van der Waals surface area contributed by atoms with E-state index in [2.05, 4.69) is 26.8 Å². The quantitative estimate of drug-likeness (QED) is 0.412. The van der Waals surface area contributed by atoms with Gasteiger partial charge in [-0.2, -0.15) is 5.10 Å². The maximum absolute atomic E-state index is 13.9. The minimum atomic E-state index is -3.24. The van der Waals surface area contributed by atoms with E-state index >= 15 is 0 Å². The predicted molar refractivity (Wildman–Crippen MR) is 133 cm³/mol. The summed E-state index contributed by atoms with van der Waals surface area (Å²) in [4.78, 5) is 4.44. The predicted octanol–water partition coefficient (Wildman–Crippen LogP) is 4.46. The molecule has 2 aromatic carbocycles. The van der Waals surface area contributed by atoms with Crippen LogP contribution in [0.25, 0.3) is 27.7 Å². The lowest BCUT2D eigenvalue weighted by molar-refractivity contribution is 0.0843. The second-order valence-corrected chi connectivity index (χ2v) is 11.4. The maximum Gasteiger partial charge on any atom is 0.167 e. The van der Waals surface area contributed by atoms with Gasteiger partial charge in [0.15, 0.2) is 9.84 Å². The van der Waals surface area contributed by atoms with Crippen molar-refractivity contribution < 1.29 is 17.5 Å². The average molecular weight is 493 g/mol. The van der Waals surface area contributed by atoms with Gasteiger partial charge >= 0.3 is 0 Å². The molecule has 6 rings (SSSR count). The first-order valence-electron chi connectivity index (χ1n) is 11.6. The summed E-state index contributed by atoms with van der Waals surface area (Å²) in [6.07, 6.45) is 8.37. The number of nitrogens with zero attached hydrogens (tertiary/aromatic N) is 4. The molecule has 0 unspecified atom stereocenters. The molecule has 0 spiro atoms. The summed E-state index contributed by atoms with van der Waals surface area (Å²) in [7, 11) is -3.24. The van der Waals surface area contributed by atoms with Gasteiger partial charge in [-0.3, -0.25) is 9.67 Å². The van der Waals surface area contributed by atoms with Crippen LogP contribution < -0.4 is 0 Å². The molecule has 4 aromatic rings. The second kappa shape index (κ2) is 8.42. The van der Waals surface area contributed by atoms with E-state index in [0.717, 1.165) is 57.4 Å². The van der Waals surface area contributed by atoms with E-state index in [9.17, 15) is 12.8 Å². The number of aliphatic imine (C=N–C) groups is 1. The molecule has 35 heavy (non-hydrogen) atoms. The Kier molecular flexibility index (Phi) is 5.34. The Morgan fingerprint density at radius 2 is 1.91 bits per heavy atom. The Morgan fingerprint density at radius 1 is 1.14 bits per heavy atom. The molecule has 0 atom stereocenters. The Labute approximate surface area is 202 Å². The molecule has 180 valence electrons. The third-order valence-corrected chi connectivity index (χ3v) is 7.47. The van der Waals surface area contributed by atoms with Gasteiger partial charge in [0.2, 0.25) is 0 Å². The SMILES string of the molecule is CS(=O)(=O)Cn1cc(-c2c(C3CCOCC3)n(-c3ccc(F)cc3)c3cc4c(cc23)CN=C4)cn1. The number of rotatable bonds is 5. The minimum Gasteiger partial charge on any atom is -0.381 e. The zero-order valence-corrected chi connectivity index (χ0v) is 20.1. The molecule has 0 amide bonds. The largest absolute Gasteiger partial charge is 0.381 e. The minimum absolute atomic E-state index is 0.181. The normalized spacial score (nSPS) is 16.3. The monoisotopic (exact) mass is 492 g/mol. The van der Waals surface area contributed by atoms with Crippen molar-refractivity contribution in [2.75, 3.05) is 19.5 Å². The highest BCUT2D eigenvalue weighted by molar-refractivity contribution is 7.89. The molecule has 0 saturated carbocycles. The molecular formula is C26H25FN4O3S. The molecule has 2 aliphatic heterocycles. The molecule has 0 bridgehead atoms. The first-order chi connectivity index (χ1) is 16.9. The van der Waals surface area contributed by atoms with Gasteiger partial charge in [-0.25, -0.2) is 12.8 Å². The van der Waals surface area contributed by atoms with Gasteiger partial charge in [0.1, 0.15) is 11.7 Å². The Balaban J connectivity index is 1.66. The van der Waals surface area contributed by atoms with Crippen LogP contribution in [0.1, 0.15) is 35.6 Å². The van der Waals surface area contributed by atoms with Crippen LogP contribution in [0, 0.1) is 5.82 Å². The zero-order chi connectivity index (χ0) is 24.2. The van der Waals surface area contributed by atoms with Crippen LogP contribution in [0.5, 0.6) is 0 Å². The van der Waals surface area contributed by atoms with Gasteiger partial charge in [0.05, 0.1) is 18.3 Å². The van der Waals surface area contributed by atoms with Crippen LogP contribution in [0.2, 0.25) is 0 Å². The highest BCUT2D eigenvalue weighted by Crippen LogP contribution is 2.44. The van der Waals surface area contributed by atoms with E-state index in [1.54, 1.807) is 24.5 Å². The second-order valence-electron chi connectivity index (χ2n) is 9.32. The standard InChI is InChI=1S/C26H25FN4O3S/c1-35(32,33)16-30-15-20(14-29-30)25-23-10-18-12-28-13-19(18)11-24(23)31(22-4-2-21(27)3-5-22)26(25)17-6-8-34-9-7-17/h2-5,10-11,13-15,17H,6-9,12,16H2,1H3. The van der Waals surface area contributed by atoms with Gasteiger partial charge in [0, 0.05) is 65.7 Å². The van der Waals surface area contributed by atoms with Crippen LogP contribution in [0.15, 0.2) is 53.8 Å². The lowest BCUT2D eigenvalue weighted by atomic mass is 9.90. The molecule has 9 heteroatoms. The number of ether oxygens (including phenoxy) is 1. The summed E-state index contributed by atoms with van der Waals surface area (Å²) in [5.41, 5.74) is 7.13. The van der Waals surface area contributed by atoms with Crippen molar-refractivity contribution in [1.82, 2.24) is 14.3 Å². The number of aromatic nitrogens is 3. The number of halogens is 1. The Hall–Kier alpha value is -3.30. The smallest absolute Gasteiger partial charge is 0.167 e. The van der Waals surface area contributed by atoms with E-state index in [4.69, 9.17) is 4.74 Å². The third-order valence-electron chi connectivity index (χ3n) is 6.74. The molecular weight excluding hydrogens is 467 g/mol. The van der Waals surface area contributed by atoms with Crippen LogP contribution in [0.3, 0.4) is 0 Å². The topological polar surface area (TPSA) is 78.5 Å². The molecule has 1 saturated heterocycles. The summed E-state index contributed by atoms with van der Waals surface area (Å²) >= 11 is 0. The van der Waals surface area contributed by atoms with Crippen molar-refractivity contribution >= 4 is 27.0 Å². The third kappa shape index (κ3) is 4.08. The van der Waals surface area contributed by atoms with Gasteiger partial charge in [-0.1, -0.05) is 0 Å². The van der Waals surface area contributed by atoms with Crippen molar-refractivity contribution in [2.24, 2.45) is 4.99 Å². The van der Waals surface area contributed by atoms with Crippen LogP contribution >= 0.6 is 0 Å². The Bertz CT molecular complexity index is 1560. The van der Waals surface area contributed by atoms with Crippen molar-refractivity contribution in [3.8, 4) is 16.8 Å². The highest BCUT2D eigenvalue weighted by atomic mass is 32.2. The fraction of sp³-hybridized carbons (Fsp3) is 0.308. The molecule has 0 aliphatic carbocycles. The average Bonchev–Trinajstić information content (AvgIpc) is 3.54. The highest BCUT2D eigenvalue weighted by Gasteiger charge is 2.29. The number of benzene rings is 2. The number of fused-ring (bicyclic) bond motifs is 2. The van der Waals surface area contributed by atoms with Gasteiger partial charge in [-0.15, -0.1) is 0 Å². The summed E-state index contributed by atoms with van der Waals surface area (Å²) in [5, 5.41) is 5.42. The van der Waals surface area contributed by atoms with Crippen molar-refractivity contribution in [1.29, 1.82) is 0 Å². The first kappa shape index (κ1) is 22.2. The zero-order valence-electron chi connectivity index (χ0n) is 19.3. The number of sulfone groups is 1. The number of hydrogen-bond acceptors (Lipinski definition) is 5. The summed E-state index contributed by atoms with van der Waals surface area (Å²) in [6.45, 7) is 1.98. The van der Waals surface area contributed by atoms with Crippen LogP contribution in [-0.4, -0.2) is 48.4 Å². The maximum atomic E-state index is 13.9. The molecule has 2 aliphatic rings. The van der Waals surface area contributed by atoms with Crippen LogP contribution in [0.4, 0.5) is 4.39 Å². The van der Waals surface area contributed by atoms with Gasteiger partial charge < -0.3 is 9.30 Å². The molecule has 4 heterocycles. The van der Waals surface area contributed by atoms with Gasteiger partial charge in [0.25, 0.3) is 0 Å². The fourth-order valence-electron chi connectivity index (χ4n) is 5.25. The lowest BCUT2D eigenvalue weighted by Crippen LogP contribution is -2.17. The van der Waals surface area contributed by atoms with Gasteiger partial charge in [-0.05, 0) is 60.4 Å². The molecule has 1 fully saturated rings. The van der Waals surface area contributed by atoms with E-state index < -0.39 is 9.84 Å². The van der Waals surface area contributed by atoms with E-state index in [1.807, 2.05) is 6.21 Å². The molecule has 2 aromatic heterocycles. The molecule has 7 nitrogen and oxygen atoms in total. The van der Waals surface area contributed by atoms with E-state index in [0.29, 0.717) is 19.8 Å². The van der Waals surface area contributed by atoms with Crippen molar-refractivity contribution in [2.45, 2.75) is 31.2 Å². The lowest BCUT2D eigenvalue weighted by Gasteiger charge is -2.25. The number of hydrogen-bond donors (Lipinski definition) is 0. The van der Waals surface area contributed by atoms with Crippen LogP contribution in [-0.2, 0) is 27.0 Å². The van der Waals surface area contributed by atoms with Crippen molar-refractivity contribution in [3.63, 3.8) is 0 Å². The van der Waals surface area contributed by atoms with Crippen molar-refractivity contribution in [3.05, 3.63) is 71.4 Å². The van der Waals surface area contributed by atoms with E-state index in [1.165, 1.54) is 23.1 Å². The Morgan fingerprint density at radius 3 is 2.66 bits per heavy atom.